The van der Waals surface area contributed by atoms with Gasteiger partial charge in [-0.1, -0.05) is 0 Å². The van der Waals surface area contributed by atoms with Crippen LogP contribution in [0.15, 0.2) is 12.3 Å². The van der Waals surface area contributed by atoms with Gasteiger partial charge < -0.3 is 9.31 Å². The van der Waals surface area contributed by atoms with E-state index in [2.05, 4.69) is 11.1 Å². The van der Waals surface area contributed by atoms with E-state index in [9.17, 15) is 5.26 Å². The van der Waals surface area contributed by atoms with Crippen molar-refractivity contribution in [1.82, 2.24) is 4.98 Å². The number of nitriles is 1. The lowest BCUT2D eigenvalue weighted by molar-refractivity contribution is 0.00578. The van der Waals surface area contributed by atoms with Crippen LogP contribution in [-0.4, -0.2) is 23.3 Å². The summed E-state index contributed by atoms with van der Waals surface area (Å²) in [6.45, 7) is 8.02. The summed E-state index contributed by atoms with van der Waals surface area (Å²) in [7, 11) is -0.518. The molecule has 3 rings (SSSR count). The predicted octanol–water partition coefficient (Wildman–Crippen LogP) is 2.13. The molecular formula is C15H19BN2O2. The van der Waals surface area contributed by atoms with Crippen molar-refractivity contribution in [2.24, 2.45) is 0 Å². The zero-order valence-electron chi connectivity index (χ0n) is 12.4. The Hall–Kier alpha value is -1.38. The average Bonchev–Trinajstić information content (AvgIpc) is 3.17. The summed E-state index contributed by atoms with van der Waals surface area (Å²) >= 11 is 0. The maximum atomic E-state index is 9.38. The summed E-state index contributed by atoms with van der Waals surface area (Å²) in [5, 5.41) is 9.38. The third kappa shape index (κ3) is 2.13. The smallest absolute Gasteiger partial charge is 0.399 e. The van der Waals surface area contributed by atoms with Crippen LogP contribution in [0.1, 0.15) is 57.7 Å². The SMILES string of the molecule is CC1(C)OB(c2cnc(C3CC3)cc2C#N)OC1(C)C. The number of aromatic nitrogens is 1. The Balaban J connectivity index is 1.93. The van der Waals surface area contributed by atoms with E-state index in [1.165, 1.54) is 12.8 Å². The van der Waals surface area contributed by atoms with E-state index in [1.54, 1.807) is 6.20 Å². The van der Waals surface area contributed by atoms with Crippen molar-refractivity contribution < 1.29 is 9.31 Å². The molecule has 1 aliphatic carbocycles. The second-order valence-corrected chi connectivity index (χ2v) is 6.67. The third-order valence-corrected chi connectivity index (χ3v) is 4.58. The summed E-state index contributed by atoms with van der Waals surface area (Å²) in [6.07, 6.45) is 4.09. The fourth-order valence-corrected chi connectivity index (χ4v) is 2.34. The van der Waals surface area contributed by atoms with Crippen molar-refractivity contribution in [2.45, 2.75) is 57.7 Å². The van der Waals surface area contributed by atoms with Gasteiger partial charge in [0.25, 0.3) is 0 Å². The van der Waals surface area contributed by atoms with Gasteiger partial charge in [0.05, 0.1) is 22.8 Å². The van der Waals surface area contributed by atoms with E-state index in [0.717, 1.165) is 11.2 Å². The van der Waals surface area contributed by atoms with Crippen LogP contribution in [0.3, 0.4) is 0 Å². The third-order valence-electron chi connectivity index (χ3n) is 4.58. The highest BCUT2D eigenvalue weighted by Gasteiger charge is 2.52. The average molecular weight is 270 g/mol. The zero-order valence-corrected chi connectivity index (χ0v) is 12.4. The number of hydrogen-bond donors (Lipinski definition) is 0. The molecule has 4 nitrogen and oxygen atoms in total. The molecule has 2 aliphatic rings. The van der Waals surface area contributed by atoms with E-state index < -0.39 is 18.3 Å². The van der Waals surface area contributed by atoms with Gasteiger partial charge in [-0.25, -0.2) is 0 Å². The quantitative estimate of drug-likeness (QED) is 0.772. The second-order valence-electron chi connectivity index (χ2n) is 6.67. The lowest BCUT2D eigenvalue weighted by Gasteiger charge is -2.32. The number of rotatable bonds is 2. The van der Waals surface area contributed by atoms with Gasteiger partial charge in [0, 0.05) is 23.3 Å². The van der Waals surface area contributed by atoms with E-state index in [-0.39, 0.29) is 0 Å². The molecule has 0 spiro atoms. The van der Waals surface area contributed by atoms with Crippen molar-refractivity contribution in [1.29, 1.82) is 5.26 Å². The second kappa shape index (κ2) is 4.31. The molecule has 1 saturated heterocycles. The molecule has 20 heavy (non-hydrogen) atoms. The minimum Gasteiger partial charge on any atom is -0.399 e. The van der Waals surface area contributed by atoms with Gasteiger partial charge in [-0.3, -0.25) is 4.98 Å². The van der Waals surface area contributed by atoms with E-state index in [0.29, 0.717) is 11.5 Å². The fourth-order valence-electron chi connectivity index (χ4n) is 2.34. The number of hydrogen-bond acceptors (Lipinski definition) is 4. The Morgan fingerprint density at radius 3 is 2.35 bits per heavy atom. The highest BCUT2D eigenvalue weighted by atomic mass is 16.7. The van der Waals surface area contributed by atoms with Crippen molar-refractivity contribution in [3.05, 3.63) is 23.5 Å². The minimum absolute atomic E-state index is 0.403. The van der Waals surface area contributed by atoms with Crippen LogP contribution >= 0.6 is 0 Å². The molecule has 0 atom stereocenters. The van der Waals surface area contributed by atoms with Crippen molar-refractivity contribution in [2.75, 3.05) is 0 Å². The summed E-state index contributed by atoms with van der Waals surface area (Å²) < 4.78 is 12.0. The molecule has 104 valence electrons. The van der Waals surface area contributed by atoms with Crippen LogP contribution in [0.5, 0.6) is 0 Å². The molecule has 2 fully saturated rings. The highest BCUT2D eigenvalue weighted by molar-refractivity contribution is 6.62. The highest BCUT2D eigenvalue weighted by Crippen LogP contribution is 2.39. The molecule has 1 aromatic rings. The summed E-state index contributed by atoms with van der Waals surface area (Å²) in [5.41, 5.74) is 1.55. The van der Waals surface area contributed by atoms with Gasteiger partial charge in [-0.2, -0.15) is 5.26 Å². The van der Waals surface area contributed by atoms with Gasteiger partial charge in [0.15, 0.2) is 0 Å². The number of pyridine rings is 1. The lowest BCUT2D eigenvalue weighted by atomic mass is 9.77. The summed E-state index contributed by atoms with van der Waals surface area (Å²) in [4.78, 5) is 4.48. The van der Waals surface area contributed by atoms with Gasteiger partial charge in [-0.15, -0.1) is 0 Å². The Morgan fingerprint density at radius 1 is 1.25 bits per heavy atom. The Morgan fingerprint density at radius 2 is 1.85 bits per heavy atom. The summed E-state index contributed by atoms with van der Waals surface area (Å²) in [6, 6.07) is 4.14. The first-order valence-corrected chi connectivity index (χ1v) is 7.09. The first-order valence-electron chi connectivity index (χ1n) is 7.09. The van der Waals surface area contributed by atoms with E-state index in [4.69, 9.17) is 9.31 Å². The molecule has 0 aromatic carbocycles. The van der Waals surface area contributed by atoms with Crippen LogP contribution in [0.2, 0.25) is 0 Å². The van der Waals surface area contributed by atoms with E-state index in [1.807, 2.05) is 33.8 Å². The molecule has 0 amide bonds. The molecule has 0 radical (unpaired) electrons. The zero-order chi connectivity index (χ0) is 14.5. The van der Waals surface area contributed by atoms with Crippen LogP contribution in [0.25, 0.3) is 0 Å². The Kier molecular flexibility index (Phi) is 2.93. The first-order chi connectivity index (χ1) is 9.34. The molecule has 2 heterocycles. The summed E-state index contributed by atoms with van der Waals surface area (Å²) in [5.74, 6) is 0.537. The first kappa shape index (κ1) is 13.6. The molecule has 0 bridgehead atoms. The van der Waals surface area contributed by atoms with Crippen molar-refractivity contribution >= 4 is 12.6 Å². The molecule has 5 heteroatoms. The van der Waals surface area contributed by atoms with Crippen LogP contribution in [0.4, 0.5) is 0 Å². The minimum atomic E-state index is -0.518. The molecule has 0 N–H and O–H groups in total. The van der Waals surface area contributed by atoms with Crippen molar-refractivity contribution in [3.63, 3.8) is 0 Å². The van der Waals surface area contributed by atoms with E-state index >= 15 is 0 Å². The van der Waals surface area contributed by atoms with Gasteiger partial charge >= 0.3 is 7.12 Å². The lowest BCUT2D eigenvalue weighted by Crippen LogP contribution is -2.41. The number of nitrogens with zero attached hydrogens (tertiary/aromatic N) is 2. The van der Waals surface area contributed by atoms with Gasteiger partial charge in [0.2, 0.25) is 0 Å². The molecule has 0 unspecified atom stereocenters. The normalized spacial score (nSPS) is 23.6. The largest absolute Gasteiger partial charge is 0.497 e. The standard InChI is InChI=1S/C15H19BN2O2/c1-14(2)15(3,4)20-16(19-14)12-9-18-13(10-5-6-10)7-11(12)8-17/h7,9-10H,5-6H2,1-4H3. The maximum absolute atomic E-state index is 9.38. The molecule has 1 aromatic heterocycles. The molecular weight excluding hydrogens is 251 g/mol. The topological polar surface area (TPSA) is 55.1 Å². The van der Waals surface area contributed by atoms with Crippen molar-refractivity contribution in [3.8, 4) is 6.07 Å². The Bertz CT molecular complexity index is 572. The van der Waals surface area contributed by atoms with Crippen LogP contribution < -0.4 is 5.46 Å². The van der Waals surface area contributed by atoms with Crippen LogP contribution in [-0.2, 0) is 9.31 Å². The monoisotopic (exact) mass is 270 g/mol. The molecule has 1 saturated carbocycles. The molecule has 1 aliphatic heterocycles. The fraction of sp³-hybridized carbons (Fsp3) is 0.600. The Labute approximate surface area is 120 Å². The van der Waals surface area contributed by atoms with Crippen LogP contribution in [0, 0.1) is 11.3 Å². The van der Waals surface area contributed by atoms with Gasteiger partial charge in [-0.05, 0) is 46.6 Å². The predicted molar refractivity (Wildman–Crippen MR) is 76.6 cm³/mol. The maximum Gasteiger partial charge on any atom is 0.497 e. The van der Waals surface area contributed by atoms with Gasteiger partial charge in [0.1, 0.15) is 0 Å².